The van der Waals surface area contributed by atoms with Gasteiger partial charge in [-0.25, -0.2) is 0 Å². The SMILES string of the molecule is CCCOC(=O)CNC(=O)C(C)S. The summed E-state index contributed by atoms with van der Waals surface area (Å²) in [4.78, 5) is 21.8. The van der Waals surface area contributed by atoms with Gasteiger partial charge in [-0.2, -0.15) is 12.6 Å². The highest BCUT2D eigenvalue weighted by Gasteiger charge is 2.09. The first-order valence-corrected chi connectivity index (χ1v) is 4.71. The molecule has 1 atom stereocenters. The molecule has 0 saturated carbocycles. The molecule has 1 unspecified atom stereocenters. The quantitative estimate of drug-likeness (QED) is 0.504. The van der Waals surface area contributed by atoms with Crippen molar-refractivity contribution in [1.29, 1.82) is 0 Å². The van der Waals surface area contributed by atoms with Crippen molar-refractivity contribution in [2.24, 2.45) is 0 Å². The maximum absolute atomic E-state index is 10.9. The van der Waals surface area contributed by atoms with Crippen molar-refractivity contribution in [1.82, 2.24) is 5.32 Å². The highest BCUT2D eigenvalue weighted by atomic mass is 32.1. The maximum Gasteiger partial charge on any atom is 0.325 e. The third-order valence-electron chi connectivity index (χ3n) is 1.25. The van der Waals surface area contributed by atoms with Crippen LogP contribution >= 0.6 is 12.6 Å². The van der Waals surface area contributed by atoms with Crippen LogP contribution in [-0.2, 0) is 14.3 Å². The number of rotatable bonds is 5. The van der Waals surface area contributed by atoms with E-state index in [1.165, 1.54) is 0 Å². The van der Waals surface area contributed by atoms with Crippen molar-refractivity contribution >= 4 is 24.5 Å². The van der Waals surface area contributed by atoms with Crippen LogP contribution in [0.4, 0.5) is 0 Å². The van der Waals surface area contributed by atoms with Gasteiger partial charge in [-0.1, -0.05) is 6.92 Å². The van der Waals surface area contributed by atoms with E-state index in [4.69, 9.17) is 4.74 Å². The summed E-state index contributed by atoms with van der Waals surface area (Å²) in [6, 6.07) is 0. The smallest absolute Gasteiger partial charge is 0.325 e. The van der Waals surface area contributed by atoms with E-state index in [1.807, 2.05) is 6.92 Å². The monoisotopic (exact) mass is 205 g/mol. The van der Waals surface area contributed by atoms with Crippen LogP contribution in [0.1, 0.15) is 20.3 Å². The Labute approximate surface area is 83.4 Å². The van der Waals surface area contributed by atoms with E-state index in [1.54, 1.807) is 6.92 Å². The number of esters is 1. The van der Waals surface area contributed by atoms with Gasteiger partial charge in [-0.15, -0.1) is 0 Å². The molecule has 0 saturated heterocycles. The molecular weight excluding hydrogens is 190 g/mol. The zero-order chi connectivity index (χ0) is 10.3. The second kappa shape index (κ2) is 6.77. The Morgan fingerprint density at radius 2 is 2.15 bits per heavy atom. The van der Waals surface area contributed by atoms with Gasteiger partial charge in [-0.3, -0.25) is 9.59 Å². The molecule has 1 amide bonds. The summed E-state index contributed by atoms with van der Waals surface area (Å²) in [6.45, 7) is 3.85. The van der Waals surface area contributed by atoms with Crippen molar-refractivity contribution < 1.29 is 14.3 Å². The molecule has 0 aliphatic carbocycles. The molecule has 0 rings (SSSR count). The van der Waals surface area contributed by atoms with Crippen LogP contribution in [-0.4, -0.2) is 30.3 Å². The Morgan fingerprint density at radius 1 is 1.54 bits per heavy atom. The summed E-state index contributed by atoms with van der Waals surface area (Å²) >= 11 is 3.90. The molecule has 0 bridgehead atoms. The second-order valence-corrected chi connectivity index (χ2v) is 3.39. The summed E-state index contributed by atoms with van der Waals surface area (Å²) in [6.07, 6.45) is 0.780. The molecule has 0 radical (unpaired) electrons. The Balaban J connectivity index is 3.52. The molecular formula is C8H15NO3S. The van der Waals surface area contributed by atoms with Crippen LogP contribution in [0.5, 0.6) is 0 Å². The summed E-state index contributed by atoms with van der Waals surface area (Å²) in [5.41, 5.74) is 0. The summed E-state index contributed by atoms with van der Waals surface area (Å²) in [5, 5.41) is 2.00. The van der Waals surface area contributed by atoms with E-state index in [0.29, 0.717) is 6.61 Å². The van der Waals surface area contributed by atoms with Crippen LogP contribution in [0.25, 0.3) is 0 Å². The average Bonchev–Trinajstić information content (AvgIpc) is 2.10. The van der Waals surface area contributed by atoms with Crippen LogP contribution in [0, 0.1) is 0 Å². The second-order valence-electron chi connectivity index (χ2n) is 2.61. The Kier molecular flexibility index (Phi) is 6.40. The number of nitrogens with one attached hydrogen (secondary N) is 1. The highest BCUT2D eigenvalue weighted by molar-refractivity contribution is 7.81. The lowest BCUT2D eigenvalue weighted by atomic mass is 10.4. The summed E-state index contributed by atoms with van der Waals surface area (Å²) in [5.74, 6) is -0.680. The summed E-state index contributed by atoms with van der Waals surface area (Å²) < 4.78 is 4.74. The minimum Gasteiger partial charge on any atom is -0.464 e. The molecule has 0 fully saturated rings. The Morgan fingerprint density at radius 3 is 2.62 bits per heavy atom. The minimum absolute atomic E-state index is 0.0796. The van der Waals surface area contributed by atoms with E-state index in [9.17, 15) is 9.59 Å². The molecule has 13 heavy (non-hydrogen) atoms. The van der Waals surface area contributed by atoms with Crippen molar-refractivity contribution in [3.05, 3.63) is 0 Å². The van der Waals surface area contributed by atoms with Gasteiger partial charge in [0.15, 0.2) is 0 Å². The normalized spacial score (nSPS) is 11.9. The van der Waals surface area contributed by atoms with Crippen LogP contribution < -0.4 is 5.32 Å². The third kappa shape index (κ3) is 6.45. The maximum atomic E-state index is 10.9. The predicted molar refractivity (Wildman–Crippen MR) is 52.7 cm³/mol. The van der Waals surface area contributed by atoms with Gasteiger partial charge in [0.05, 0.1) is 11.9 Å². The number of hydrogen-bond acceptors (Lipinski definition) is 4. The lowest BCUT2D eigenvalue weighted by molar-refractivity contribution is -0.143. The minimum atomic E-state index is -0.413. The van der Waals surface area contributed by atoms with Crippen molar-refractivity contribution in [2.75, 3.05) is 13.2 Å². The van der Waals surface area contributed by atoms with Gasteiger partial charge in [-0.05, 0) is 13.3 Å². The van der Waals surface area contributed by atoms with E-state index in [-0.39, 0.29) is 12.5 Å². The van der Waals surface area contributed by atoms with Gasteiger partial charge in [0.25, 0.3) is 0 Å². The fourth-order valence-electron chi connectivity index (χ4n) is 0.574. The predicted octanol–water partition coefficient (Wildman–Crippen LogP) is 0.374. The zero-order valence-corrected chi connectivity index (χ0v) is 8.77. The molecule has 0 heterocycles. The van der Waals surface area contributed by atoms with Gasteiger partial charge < -0.3 is 10.1 Å². The van der Waals surface area contributed by atoms with Crippen LogP contribution in [0.15, 0.2) is 0 Å². The van der Waals surface area contributed by atoms with Gasteiger partial charge in [0.1, 0.15) is 6.54 Å². The molecule has 0 aromatic rings. The fourth-order valence-corrected chi connectivity index (χ4v) is 0.665. The molecule has 4 nitrogen and oxygen atoms in total. The van der Waals surface area contributed by atoms with Gasteiger partial charge in [0.2, 0.25) is 5.91 Å². The third-order valence-corrected chi connectivity index (χ3v) is 1.49. The largest absolute Gasteiger partial charge is 0.464 e. The highest BCUT2D eigenvalue weighted by Crippen LogP contribution is 1.90. The molecule has 0 aromatic heterocycles. The molecule has 0 spiro atoms. The zero-order valence-electron chi connectivity index (χ0n) is 7.87. The average molecular weight is 205 g/mol. The topological polar surface area (TPSA) is 55.4 Å². The molecule has 0 aliphatic heterocycles. The number of thiol groups is 1. The fraction of sp³-hybridized carbons (Fsp3) is 0.750. The number of carbonyl (C=O) groups is 2. The lowest BCUT2D eigenvalue weighted by Crippen LogP contribution is -2.34. The van der Waals surface area contributed by atoms with Gasteiger partial charge >= 0.3 is 5.97 Å². The first-order chi connectivity index (χ1) is 6.07. The molecule has 0 aromatic carbocycles. The van der Waals surface area contributed by atoms with E-state index in [0.717, 1.165) is 6.42 Å². The molecule has 5 heteroatoms. The molecule has 76 valence electrons. The number of ether oxygens (including phenoxy) is 1. The van der Waals surface area contributed by atoms with E-state index >= 15 is 0 Å². The summed E-state index contributed by atoms with van der Waals surface area (Å²) in [7, 11) is 0. The van der Waals surface area contributed by atoms with Crippen molar-refractivity contribution in [3.8, 4) is 0 Å². The van der Waals surface area contributed by atoms with Crippen molar-refractivity contribution in [2.45, 2.75) is 25.5 Å². The van der Waals surface area contributed by atoms with Crippen LogP contribution in [0.2, 0.25) is 0 Å². The number of carbonyl (C=O) groups excluding carboxylic acids is 2. The van der Waals surface area contributed by atoms with Crippen LogP contribution in [0.3, 0.4) is 0 Å². The standard InChI is InChI=1S/C8H15NO3S/c1-3-4-12-7(10)5-9-8(11)6(2)13/h6,13H,3-5H2,1-2H3,(H,9,11). The molecule has 1 N–H and O–H groups in total. The van der Waals surface area contributed by atoms with Gasteiger partial charge in [0, 0.05) is 0 Å². The van der Waals surface area contributed by atoms with Crippen molar-refractivity contribution in [3.63, 3.8) is 0 Å². The number of amides is 1. The first-order valence-electron chi connectivity index (χ1n) is 4.19. The first kappa shape index (κ1) is 12.3. The molecule has 0 aliphatic rings. The Bertz CT molecular complexity index is 182. The van der Waals surface area contributed by atoms with E-state index in [2.05, 4.69) is 17.9 Å². The van der Waals surface area contributed by atoms with E-state index < -0.39 is 11.2 Å². The lowest BCUT2D eigenvalue weighted by Gasteiger charge is -2.06. The number of hydrogen-bond donors (Lipinski definition) is 2. The Hall–Kier alpha value is -0.710.